The van der Waals surface area contributed by atoms with E-state index in [1.54, 1.807) is 0 Å². The van der Waals surface area contributed by atoms with Crippen LogP contribution in [0.4, 0.5) is 0 Å². The van der Waals surface area contributed by atoms with Crippen molar-refractivity contribution in [2.24, 2.45) is 5.73 Å². The first-order chi connectivity index (χ1) is 5.18. The average Bonchev–Trinajstić information content (AvgIpc) is 1.85. The molecule has 1 saturated heterocycles. The third kappa shape index (κ3) is 3.16. The maximum atomic E-state index is 5.60. The zero-order valence-electron chi connectivity index (χ0n) is 7.22. The topological polar surface area (TPSA) is 62.1 Å². The Bertz CT molecular complexity index is 113. The van der Waals surface area contributed by atoms with Crippen LogP contribution in [0.3, 0.4) is 0 Å². The second-order valence-corrected chi connectivity index (χ2v) is 3.14. The lowest BCUT2D eigenvalue weighted by molar-refractivity contribution is 0.263. The van der Waals surface area contributed by atoms with Gasteiger partial charge in [-0.15, -0.1) is 0 Å². The normalized spacial score (nSPS) is 35.2. The summed E-state index contributed by atoms with van der Waals surface area (Å²) < 4.78 is 0. The molecule has 2 unspecified atom stereocenters. The predicted octanol–water partition coefficient (Wildman–Crippen LogP) is -0.864. The second-order valence-electron chi connectivity index (χ2n) is 3.14. The quantitative estimate of drug-likeness (QED) is 0.395. The van der Waals surface area contributed by atoms with Crippen LogP contribution in [0.5, 0.6) is 0 Å². The van der Waals surface area contributed by atoms with Crippen LogP contribution in [0.2, 0.25) is 0 Å². The fourth-order valence-corrected chi connectivity index (χ4v) is 1.34. The molecule has 3 atom stereocenters. The van der Waals surface area contributed by atoms with Gasteiger partial charge in [-0.05, 0) is 26.8 Å². The molecule has 11 heavy (non-hydrogen) atoms. The molecule has 0 aromatic carbocycles. The van der Waals surface area contributed by atoms with Gasteiger partial charge in [0.25, 0.3) is 0 Å². The molecule has 5 N–H and O–H groups in total. The van der Waals surface area contributed by atoms with Crippen LogP contribution < -0.4 is 21.7 Å². The molecule has 1 fully saturated rings. The second kappa shape index (κ2) is 4.01. The predicted molar refractivity (Wildman–Crippen MR) is 45.8 cm³/mol. The first kappa shape index (κ1) is 8.93. The van der Waals surface area contributed by atoms with Gasteiger partial charge in [0.15, 0.2) is 0 Å². The van der Waals surface area contributed by atoms with Crippen LogP contribution in [-0.2, 0) is 0 Å². The van der Waals surface area contributed by atoms with Crippen LogP contribution in [-0.4, -0.2) is 25.0 Å². The Hall–Kier alpha value is -0.160. The highest BCUT2D eigenvalue weighted by atomic mass is 15.3. The summed E-state index contributed by atoms with van der Waals surface area (Å²) >= 11 is 0. The molecule has 4 nitrogen and oxygen atoms in total. The Labute approximate surface area is 67.9 Å². The summed E-state index contributed by atoms with van der Waals surface area (Å²) in [5, 5.41) is 9.88. The molecule has 1 rings (SSSR count). The van der Waals surface area contributed by atoms with Crippen LogP contribution in [0.15, 0.2) is 0 Å². The summed E-state index contributed by atoms with van der Waals surface area (Å²) in [5.41, 5.74) is 5.60. The van der Waals surface area contributed by atoms with Crippen LogP contribution >= 0.6 is 0 Å². The van der Waals surface area contributed by atoms with Crippen LogP contribution in [0.1, 0.15) is 20.3 Å². The third-order valence-corrected chi connectivity index (χ3v) is 1.80. The Balaban J connectivity index is 2.23. The molecule has 66 valence electrons. The lowest BCUT2D eigenvalue weighted by Gasteiger charge is -2.31. The van der Waals surface area contributed by atoms with Crippen LogP contribution in [0.25, 0.3) is 0 Å². The van der Waals surface area contributed by atoms with Crippen molar-refractivity contribution in [3.8, 4) is 0 Å². The van der Waals surface area contributed by atoms with Gasteiger partial charge in [-0.2, -0.15) is 0 Å². The van der Waals surface area contributed by atoms with Gasteiger partial charge < -0.3 is 11.1 Å². The molecule has 1 aliphatic rings. The monoisotopic (exact) mass is 158 g/mol. The summed E-state index contributed by atoms with van der Waals surface area (Å²) in [6.07, 6.45) is 1.91. The van der Waals surface area contributed by atoms with Crippen molar-refractivity contribution in [3.05, 3.63) is 0 Å². The Morgan fingerprint density at radius 3 is 2.91 bits per heavy atom. The number of nitrogens with two attached hydrogens (primary N) is 1. The van der Waals surface area contributed by atoms with E-state index < -0.39 is 0 Å². The van der Waals surface area contributed by atoms with Gasteiger partial charge in [0.2, 0.25) is 0 Å². The van der Waals surface area contributed by atoms with E-state index in [4.69, 9.17) is 5.73 Å². The average molecular weight is 158 g/mol. The van der Waals surface area contributed by atoms with E-state index in [9.17, 15) is 0 Å². The fraction of sp³-hybridized carbons (Fsp3) is 1.00. The lowest BCUT2D eigenvalue weighted by Crippen LogP contribution is -2.60. The molecule has 0 amide bonds. The third-order valence-electron chi connectivity index (χ3n) is 1.80. The van der Waals surface area contributed by atoms with Gasteiger partial charge in [0, 0.05) is 0 Å². The molecule has 0 radical (unpaired) electrons. The van der Waals surface area contributed by atoms with E-state index in [2.05, 4.69) is 22.9 Å². The lowest BCUT2D eigenvalue weighted by atomic mass is 10.2. The standard InChI is InChI=1S/C7H18N4/c1-5(8)10-7-3-4-9-6(2)11-7/h5-7,9-11H,3-4,8H2,1-2H3/t5-,6?,7?/m0/s1. The van der Waals surface area contributed by atoms with Crippen molar-refractivity contribution in [2.75, 3.05) is 6.54 Å². The van der Waals surface area contributed by atoms with E-state index in [1.807, 2.05) is 6.92 Å². The summed E-state index contributed by atoms with van der Waals surface area (Å²) in [4.78, 5) is 0. The highest BCUT2D eigenvalue weighted by molar-refractivity contribution is 4.76. The highest BCUT2D eigenvalue weighted by Gasteiger charge is 2.16. The zero-order valence-corrected chi connectivity index (χ0v) is 7.22. The Kier molecular flexibility index (Phi) is 3.26. The summed E-state index contributed by atoms with van der Waals surface area (Å²) in [7, 11) is 0. The van der Waals surface area contributed by atoms with Gasteiger partial charge in [0.1, 0.15) is 0 Å². The highest BCUT2D eigenvalue weighted by Crippen LogP contribution is 1.95. The van der Waals surface area contributed by atoms with Crippen LogP contribution in [0, 0.1) is 0 Å². The number of nitrogens with one attached hydrogen (secondary N) is 3. The van der Waals surface area contributed by atoms with Crippen molar-refractivity contribution in [1.82, 2.24) is 16.0 Å². The number of hydrogen-bond donors (Lipinski definition) is 4. The van der Waals surface area contributed by atoms with Crippen molar-refractivity contribution in [1.29, 1.82) is 0 Å². The molecule has 4 heteroatoms. The Morgan fingerprint density at radius 1 is 1.64 bits per heavy atom. The molecular formula is C7H18N4. The molecular weight excluding hydrogens is 140 g/mol. The van der Waals surface area contributed by atoms with Gasteiger partial charge in [-0.25, -0.2) is 0 Å². The SMILES string of the molecule is CC1NCCC(N[C@@H](C)N)N1. The maximum Gasteiger partial charge on any atom is 0.0607 e. The molecule has 0 aromatic rings. The smallest absolute Gasteiger partial charge is 0.0607 e. The van der Waals surface area contributed by atoms with Crippen molar-refractivity contribution in [2.45, 2.75) is 38.8 Å². The first-order valence-corrected chi connectivity index (χ1v) is 4.19. The van der Waals surface area contributed by atoms with E-state index in [-0.39, 0.29) is 6.17 Å². The molecule has 0 aromatic heterocycles. The van der Waals surface area contributed by atoms with Crippen molar-refractivity contribution in [3.63, 3.8) is 0 Å². The zero-order chi connectivity index (χ0) is 8.27. The van der Waals surface area contributed by atoms with E-state index in [0.29, 0.717) is 12.3 Å². The minimum Gasteiger partial charge on any atom is -0.316 e. The largest absolute Gasteiger partial charge is 0.316 e. The fourth-order valence-electron chi connectivity index (χ4n) is 1.34. The molecule has 1 heterocycles. The van der Waals surface area contributed by atoms with Gasteiger partial charge in [0.05, 0.1) is 18.5 Å². The molecule has 0 saturated carbocycles. The summed E-state index contributed by atoms with van der Waals surface area (Å²) in [6.45, 7) is 5.11. The number of hydrogen-bond acceptors (Lipinski definition) is 4. The van der Waals surface area contributed by atoms with E-state index >= 15 is 0 Å². The number of rotatable bonds is 2. The van der Waals surface area contributed by atoms with Gasteiger partial charge >= 0.3 is 0 Å². The summed E-state index contributed by atoms with van der Waals surface area (Å²) in [6, 6.07) is 0. The summed E-state index contributed by atoms with van der Waals surface area (Å²) in [5.74, 6) is 0. The van der Waals surface area contributed by atoms with E-state index in [0.717, 1.165) is 13.0 Å². The molecule has 0 bridgehead atoms. The Morgan fingerprint density at radius 2 is 2.36 bits per heavy atom. The minimum absolute atomic E-state index is 0.0674. The molecule has 1 aliphatic heterocycles. The maximum absolute atomic E-state index is 5.60. The minimum atomic E-state index is 0.0674. The molecule has 0 spiro atoms. The molecule has 0 aliphatic carbocycles. The van der Waals surface area contributed by atoms with Gasteiger partial charge in [-0.3, -0.25) is 10.6 Å². The van der Waals surface area contributed by atoms with E-state index in [1.165, 1.54) is 0 Å². The van der Waals surface area contributed by atoms with Crippen molar-refractivity contribution < 1.29 is 0 Å². The van der Waals surface area contributed by atoms with Crippen molar-refractivity contribution >= 4 is 0 Å². The first-order valence-electron chi connectivity index (χ1n) is 4.19. The van der Waals surface area contributed by atoms with Gasteiger partial charge in [-0.1, -0.05) is 0 Å².